The van der Waals surface area contributed by atoms with Crippen LogP contribution in [0.3, 0.4) is 0 Å². The molecule has 0 spiro atoms. The molecule has 0 radical (unpaired) electrons. The van der Waals surface area contributed by atoms with Gasteiger partial charge in [0.05, 0.1) is 12.3 Å². The van der Waals surface area contributed by atoms with Crippen LogP contribution >= 0.6 is 0 Å². The molecule has 4 heteroatoms. The van der Waals surface area contributed by atoms with Crippen LogP contribution in [0.15, 0.2) is 4.99 Å². The van der Waals surface area contributed by atoms with E-state index in [1.54, 1.807) is 6.21 Å². The van der Waals surface area contributed by atoms with Gasteiger partial charge in [0.15, 0.2) is 0 Å². The number of piperidine rings is 1. The van der Waals surface area contributed by atoms with Crippen LogP contribution in [0.1, 0.15) is 19.3 Å². The van der Waals surface area contributed by atoms with Gasteiger partial charge in [0.25, 0.3) is 0 Å². The van der Waals surface area contributed by atoms with E-state index in [2.05, 4.69) is 10.3 Å². The average molecular weight is 166 g/mol. The Labute approximate surface area is 70.1 Å². The molecule has 4 nitrogen and oxygen atoms in total. The Hall–Kier alpha value is -1.19. The van der Waals surface area contributed by atoms with Crippen LogP contribution in [0.25, 0.3) is 0 Å². The lowest BCUT2D eigenvalue weighted by Crippen LogP contribution is -2.49. The number of rotatable bonds is 0. The van der Waals surface area contributed by atoms with E-state index in [4.69, 9.17) is 0 Å². The van der Waals surface area contributed by atoms with Crippen LogP contribution in [-0.4, -0.2) is 24.1 Å². The van der Waals surface area contributed by atoms with Crippen molar-refractivity contribution in [1.82, 2.24) is 5.32 Å². The first-order chi connectivity index (χ1) is 5.77. The Bertz CT molecular complexity index is 260. The van der Waals surface area contributed by atoms with Crippen molar-refractivity contribution in [1.29, 1.82) is 0 Å². The van der Waals surface area contributed by atoms with Gasteiger partial charge in [-0.15, -0.1) is 0 Å². The maximum absolute atomic E-state index is 11.3. The highest BCUT2D eigenvalue weighted by Crippen LogP contribution is 2.22. The number of nitrogens with one attached hydrogen (secondary N) is 1. The fourth-order valence-corrected chi connectivity index (χ4v) is 1.68. The molecule has 2 aliphatic rings. The number of aliphatic imine (C=N–C) groups is 1. The second-order valence-electron chi connectivity index (χ2n) is 3.17. The lowest BCUT2D eigenvalue weighted by molar-refractivity contribution is -0.135. The van der Waals surface area contributed by atoms with Gasteiger partial charge in [-0.3, -0.25) is 14.6 Å². The summed E-state index contributed by atoms with van der Waals surface area (Å²) < 4.78 is 0. The fourth-order valence-electron chi connectivity index (χ4n) is 1.68. The van der Waals surface area contributed by atoms with Crippen molar-refractivity contribution in [2.45, 2.75) is 25.4 Å². The molecule has 0 saturated carbocycles. The van der Waals surface area contributed by atoms with Gasteiger partial charge < -0.3 is 5.32 Å². The largest absolute Gasteiger partial charge is 0.333 e. The average Bonchev–Trinajstić information content (AvgIpc) is 2.04. The van der Waals surface area contributed by atoms with Crippen LogP contribution in [0.4, 0.5) is 0 Å². The quantitative estimate of drug-likeness (QED) is 0.510. The number of hydrogen-bond donors (Lipinski definition) is 1. The minimum absolute atomic E-state index is 0.0384. The van der Waals surface area contributed by atoms with E-state index in [1.807, 2.05) is 0 Å². The predicted molar refractivity (Wildman–Crippen MR) is 42.8 cm³/mol. The smallest absolute Gasteiger partial charge is 0.229 e. The molecule has 1 saturated heterocycles. The maximum atomic E-state index is 11.3. The summed E-state index contributed by atoms with van der Waals surface area (Å²) in [5.74, 6) is -0.214. The Kier molecular flexibility index (Phi) is 1.67. The molecule has 1 amide bonds. The second-order valence-corrected chi connectivity index (χ2v) is 3.17. The van der Waals surface area contributed by atoms with Crippen molar-refractivity contribution in [3.05, 3.63) is 0 Å². The van der Waals surface area contributed by atoms with Gasteiger partial charge in [-0.05, 0) is 12.8 Å². The topological polar surface area (TPSA) is 58.5 Å². The number of nitrogens with zero attached hydrogens (tertiary/aromatic N) is 1. The highest BCUT2D eigenvalue weighted by molar-refractivity contribution is 6.02. The highest BCUT2D eigenvalue weighted by Gasteiger charge is 2.35. The molecule has 2 rings (SSSR count). The van der Waals surface area contributed by atoms with E-state index in [1.165, 1.54) is 0 Å². The third-order valence-corrected chi connectivity index (χ3v) is 2.31. The second kappa shape index (κ2) is 2.69. The number of hydrogen-bond acceptors (Lipinski definition) is 3. The molecule has 0 bridgehead atoms. The van der Waals surface area contributed by atoms with Gasteiger partial charge in [-0.1, -0.05) is 0 Å². The van der Waals surface area contributed by atoms with Crippen LogP contribution in [0.2, 0.25) is 0 Å². The first-order valence-electron chi connectivity index (χ1n) is 4.11. The SMILES string of the molecule is O=C1CC(=O)C2CCC=NC2N1. The number of ketones is 1. The summed E-state index contributed by atoms with van der Waals surface area (Å²) in [7, 11) is 0. The van der Waals surface area contributed by atoms with Crippen molar-refractivity contribution < 1.29 is 9.59 Å². The maximum Gasteiger partial charge on any atom is 0.229 e. The number of amides is 1. The Morgan fingerprint density at radius 3 is 3.17 bits per heavy atom. The van der Waals surface area contributed by atoms with E-state index >= 15 is 0 Å². The summed E-state index contributed by atoms with van der Waals surface area (Å²) in [5.41, 5.74) is 0. The molecule has 0 aromatic rings. The molecule has 12 heavy (non-hydrogen) atoms. The fraction of sp³-hybridized carbons (Fsp3) is 0.625. The van der Waals surface area contributed by atoms with Gasteiger partial charge >= 0.3 is 0 Å². The van der Waals surface area contributed by atoms with Crippen LogP contribution in [0.5, 0.6) is 0 Å². The van der Waals surface area contributed by atoms with Gasteiger partial charge in [0, 0.05) is 6.21 Å². The van der Waals surface area contributed by atoms with Crippen LogP contribution in [0, 0.1) is 5.92 Å². The lowest BCUT2D eigenvalue weighted by Gasteiger charge is -2.30. The van der Waals surface area contributed by atoms with Crippen LogP contribution in [-0.2, 0) is 9.59 Å². The summed E-state index contributed by atoms with van der Waals surface area (Å²) in [4.78, 5) is 26.3. The van der Waals surface area contributed by atoms with Crippen molar-refractivity contribution >= 4 is 17.9 Å². The van der Waals surface area contributed by atoms with E-state index in [-0.39, 0.29) is 30.2 Å². The molecule has 2 heterocycles. The highest BCUT2D eigenvalue weighted by atomic mass is 16.2. The molecule has 0 aliphatic carbocycles. The van der Waals surface area contributed by atoms with Gasteiger partial charge in [-0.25, -0.2) is 0 Å². The summed E-state index contributed by atoms with van der Waals surface area (Å²) in [6.45, 7) is 0. The van der Waals surface area contributed by atoms with E-state index < -0.39 is 0 Å². The van der Waals surface area contributed by atoms with Crippen molar-refractivity contribution in [3.63, 3.8) is 0 Å². The van der Waals surface area contributed by atoms with Crippen molar-refractivity contribution in [2.75, 3.05) is 0 Å². The number of Topliss-reactive ketones (excluding diaryl/α,β-unsaturated/α-hetero) is 1. The number of fused-ring (bicyclic) bond motifs is 1. The van der Waals surface area contributed by atoms with Gasteiger partial charge in [-0.2, -0.15) is 0 Å². The molecule has 2 aliphatic heterocycles. The Balaban J connectivity index is 2.20. The Morgan fingerprint density at radius 1 is 1.50 bits per heavy atom. The summed E-state index contributed by atoms with van der Waals surface area (Å²) in [6, 6.07) is 0. The van der Waals surface area contributed by atoms with Crippen LogP contribution < -0.4 is 5.32 Å². The summed E-state index contributed by atoms with van der Waals surface area (Å²) >= 11 is 0. The number of carbonyl (C=O) groups excluding carboxylic acids is 2. The summed E-state index contributed by atoms with van der Waals surface area (Å²) in [6.07, 6.45) is 3.22. The molecule has 0 aromatic carbocycles. The molecule has 2 atom stereocenters. The molecule has 0 aromatic heterocycles. The zero-order valence-corrected chi connectivity index (χ0v) is 6.62. The lowest BCUT2D eigenvalue weighted by atomic mass is 9.88. The molecular formula is C8H10N2O2. The molecule has 1 fully saturated rings. The zero-order valence-electron chi connectivity index (χ0n) is 6.62. The number of carbonyl (C=O) groups is 2. The van der Waals surface area contributed by atoms with E-state index in [0.29, 0.717) is 0 Å². The normalized spacial score (nSPS) is 34.3. The third kappa shape index (κ3) is 1.13. The minimum Gasteiger partial charge on any atom is -0.333 e. The first kappa shape index (κ1) is 7.46. The third-order valence-electron chi connectivity index (χ3n) is 2.31. The van der Waals surface area contributed by atoms with E-state index in [0.717, 1.165) is 12.8 Å². The van der Waals surface area contributed by atoms with Crippen molar-refractivity contribution in [2.24, 2.45) is 10.9 Å². The zero-order chi connectivity index (χ0) is 8.55. The molecular weight excluding hydrogens is 156 g/mol. The minimum atomic E-state index is -0.271. The predicted octanol–water partition coefficient (Wildman–Crippen LogP) is -0.118. The first-order valence-corrected chi connectivity index (χ1v) is 4.11. The van der Waals surface area contributed by atoms with Crippen molar-refractivity contribution in [3.8, 4) is 0 Å². The molecule has 64 valence electrons. The monoisotopic (exact) mass is 166 g/mol. The standard InChI is InChI=1S/C8H10N2O2/c11-6-4-7(12)10-8-5(6)2-1-3-9-8/h3,5,8H,1-2,4H2,(H,10,12). The molecule has 1 N–H and O–H groups in total. The molecule has 2 unspecified atom stereocenters. The summed E-state index contributed by atoms with van der Waals surface area (Å²) in [5, 5.41) is 2.69. The Morgan fingerprint density at radius 2 is 2.33 bits per heavy atom. The van der Waals surface area contributed by atoms with Gasteiger partial charge in [0.1, 0.15) is 11.9 Å². The van der Waals surface area contributed by atoms with Gasteiger partial charge in [0.2, 0.25) is 5.91 Å². The van der Waals surface area contributed by atoms with E-state index in [9.17, 15) is 9.59 Å².